The van der Waals surface area contributed by atoms with Gasteiger partial charge in [-0.1, -0.05) is 65.7 Å². The maximum Gasteiger partial charge on any atom is 0.264 e. The van der Waals surface area contributed by atoms with Crippen LogP contribution in [-0.4, -0.2) is 39.6 Å². The average molecular weight is 633 g/mol. The highest BCUT2D eigenvalue weighted by Crippen LogP contribution is 2.31. The number of anilines is 1. The van der Waals surface area contributed by atoms with Gasteiger partial charge in [-0.3, -0.25) is 13.9 Å². The van der Waals surface area contributed by atoms with Gasteiger partial charge in [0, 0.05) is 5.02 Å². The Morgan fingerprint density at radius 2 is 1.59 bits per heavy atom. The number of halogens is 1. The summed E-state index contributed by atoms with van der Waals surface area (Å²) in [6.45, 7) is 4.78. The van der Waals surface area contributed by atoms with E-state index in [1.807, 2.05) is 44.2 Å². The quantitative estimate of drug-likeness (QED) is 0.157. The Bertz CT molecular complexity index is 1730. The highest BCUT2D eigenvalue weighted by Gasteiger charge is 2.28. The molecule has 2 N–H and O–H groups in total. The zero-order chi connectivity index (χ0) is 31.7. The first-order chi connectivity index (χ1) is 21.0. The Kier molecular flexibility index (Phi) is 10.8. The van der Waals surface area contributed by atoms with Crippen LogP contribution in [0.4, 0.5) is 5.69 Å². The van der Waals surface area contributed by atoms with E-state index in [4.69, 9.17) is 16.3 Å². The van der Waals surface area contributed by atoms with Crippen LogP contribution in [0.1, 0.15) is 35.2 Å². The Labute approximate surface area is 262 Å². The van der Waals surface area contributed by atoms with Crippen molar-refractivity contribution in [3.8, 4) is 5.75 Å². The van der Waals surface area contributed by atoms with Crippen LogP contribution in [0.3, 0.4) is 0 Å². The standard InChI is InChI=1S/C33H33ClN4O5S/c1-23-12-18-29(19-13-23)44(41,42)38(31-11-7-10-30(34)24(31)2)21-32(39)37-35-20-26-14-16-28(17-15-26)43-22-33(40)36-25(3)27-8-5-4-6-9-27/h4-20,25H,21-22H2,1-3H3,(H,36,40)(H,37,39)/b35-20-/t25-/m0/s1. The van der Waals surface area contributed by atoms with Gasteiger partial charge in [-0.25, -0.2) is 13.8 Å². The van der Waals surface area contributed by atoms with E-state index in [-0.39, 0.29) is 29.1 Å². The molecule has 0 aliphatic heterocycles. The summed E-state index contributed by atoms with van der Waals surface area (Å²) in [7, 11) is -4.10. The molecule has 0 fully saturated rings. The molecule has 0 spiro atoms. The average Bonchev–Trinajstić information content (AvgIpc) is 3.01. The zero-order valence-electron chi connectivity index (χ0n) is 24.5. The first kappa shape index (κ1) is 32.2. The van der Waals surface area contributed by atoms with Gasteiger partial charge in [0.25, 0.3) is 21.8 Å². The van der Waals surface area contributed by atoms with Gasteiger partial charge in [0.05, 0.1) is 22.8 Å². The summed E-state index contributed by atoms with van der Waals surface area (Å²) in [4.78, 5) is 25.2. The molecule has 4 aromatic rings. The van der Waals surface area contributed by atoms with Crippen molar-refractivity contribution in [3.05, 3.63) is 124 Å². The molecular formula is C33H33ClN4O5S. The Morgan fingerprint density at radius 3 is 2.27 bits per heavy atom. The van der Waals surface area contributed by atoms with Crippen LogP contribution in [0.25, 0.3) is 0 Å². The van der Waals surface area contributed by atoms with Crippen molar-refractivity contribution < 1.29 is 22.7 Å². The molecular weight excluding hydrogens is 600 g/mol. The van der Waals surface area contributed by atoms with Crippen molar-refractivity contribution in [2.75, 3.05) is 17.5 Å². The molecule has 0 aliphatic carbocycles. The zero-order valence-corrected chi connectivity index (χ0v) is 26.1. The minimum absolute atomic E-state index is 0.0456. The summed E-state index contributed by atoms with van der Waals surface area (Å²) in [5, 5.41) is 7.25. The molecule has 4 aromatic carbocycles. The number of nitrogens with zero attached hydrogens (tertiary/aromatic N) is 2. The number of sulfonamides is 1. The van der Waals surface area contributed by atoms with Gasteiger partial charge in [0.1, 0.15) is 12.3 Å². The van der Waals surface area contributed by atoms with E-state index in [2.05, 4.69) is 15.8 Å². The largest absolute Gasteiger partial charge is 0.484 e. The minimum Gasteiger partial charge on any atom is -0.484 e. The van der Waals surface area contributed by atoms with E-state index in [0.717, 1.165) is 15.4 Å². The van der Waals surface area contributed by atoms with Crippen molar-refractivity contribution >= 4 is 45.3 Å². The van der Waals surface area contributed by atoms with E-state index in [1.54, 1.807) is 61.5 Å². The third kappa shape index (κ3) is 8.46. The molecule has 2 amide bonds. The Balaban J connectivity index is 1.36. The second-order valence-corrected chi connectivity index (χ2v) is 12.3. The number of rotatable bonds is 12. The van der Waals surface area contributed by atoms with Crippen LogP contribution in [-0.2, 0) is 19.6 Å². The number of benzene rings is 4. The fraction of sp³-hybridized carbons (Fsp3) is 0.182. The molecule has 0 unspecified atom stereocenters. The molecule has 11 heteroatoms. The van der Waals surface area contributed by atoms with Crippen LogP contribution < -0.4 is 19.8 Å². The fourth-order valence-electron chi connectivity index (χ4n) is 4.26. The lowest BCUT2D eigenvalue weighted by molar-refractivity contribution is -0.123. The number of aryl methyl sites for hydroxylation is 1. The molecule has 0 aliphatic rings. The third-order valence-corrected chi connectivity index (χ3v) is 8.92. The SMILES string of the molecule is Cc1ccc(S(=O)(=O)N(CC(=O)N/N=C\c2ccc(OCC(=O)N[C@@H](C)c3ccccc3)cc2)c2cccc(Cl)c2C)cc1. The summed E-state index contributed by atoms with van der Waals surface area (Å²) in [6.07, 6.45) is 1.42. The Morgan fingerprint density at radius 1 is 0.909 bits per heavy atom. The fourth-order valence-corrected chi connectivity index (χ4v) is 5.90. The van der Waals surface area contributed by atoms with Crippen molar-refractivity contribution in [2.45, 2.75) is 31.7 Å². The van der Waals surface area contributed by atoms with Crippen LogP contribution in [0, 0.1) is 13.8 Å². The monoisotopic (exact) mass is 632 g/mol. The van der Waals surface area contributed by atoms with E-state index in [0.29, 0.717) is 21.9 Å². The number of carbonyl (C=O) groups excluding carboxylic acids is 2. The van der Waals surface area contributed by atoms with Gasteiger partial charge >= 0.3 is 0 Å². The molecule has 228 valence electrons. The molecule has 9 nitrogen and oxygen atoms in total. The van der Waals surface area contributed by atoms with Gasteiger partial charge in [-0.2, -0.15) is 5.10 Å². The summed E-state index contributed by atoms with van der Waals surface area (Å²) in [6, 6.07) is 27.5. The molecule has 0 radical (unpaired) electrons. The normalized spacial score (nSPS) is 12.0. The van der Waals surface area contributed by atoms with Crippen molar-refractivity contribution in [1.82, 2.24) is 10.7 Å². The predicted molar refractivity (Wildman–Crippen MR) is 173 cm³/mol. The highest BCUT2D eigenvalue weighted by molar-refractivity contribution is 7.92. The lowest BCUT2D eigenvalue weighted by Gasteiger charge is -2.25. The van der Waals surface area contributed by atoms with Gasteiger partial charge < -0.3 is 10.1 Å². The van der Waals surface area contributed by atoms with Gasteiger partial charge in [-0.15, -0.1) is 0 Å². The number of carbonyl (C=O) groups is 2. The van der Waals surface area contributed by atoms with Gasteiger partial charge in [0.2, 0.25) is 0 Å². The van der Waals surface area contributed by atoms with Gasteiger partial charge in [-0.05, 0) is 86.0 Å². The Hall–Kier alpha value is -4.67. The second kappa shape index (κ2) is 14.7. The number of hydrogen-bond donors (Lipinski definition) is 2. The first-order valence-electron chi connectivity index (χ1n) is 13.8. The molecule has 0 aromatic heterocycles. The van der Waals surface area contributed by atoms with E-state index in [1.165, 1.54) is 18.3 Å². The number of nitrogens with one attached hydrogen (secondary N) is 2. The van der Waals surface area contributed by atoms with Crippen LogP contribution >= 0.6 is 11.6 Å². The minimum atomic E-state index is -4.10. The number of hydrogen-bond acceptors (Lipinski definition) is 6. The van der Waals surface area contributed by atoms with Crippen LogP contribution in [0.2, 0.25) is 5.02 Å². The molecule has 0 heterocycles. The number of ether oxygens (including phenoxy) is 1. The smallest absolute Gasteiger partial charge is 0.264 e. The summed E-state index contributed by atoms with van der Waals surface area (Å²) in [5.74, 6) is -0.407. The topological polar surface area (TPSA) is 117 Å². The molecule has 0 bridgehead atoms. The molecule has 4 rings (SSSR count). The predicted octanol–water partition coefficient (Wildman–Crippen LogP) is 5.56. The second-order valence-electron chi connectivity index (χ2n) is 10.1. The summed E-state index contributed by atoms with van der Waals surface area (Å²) >= 11 is 6.28. The third-order valence-electron chi connectivity index (χ3n) is 6.73. The van der Waals surface area contributed by atoms with Crippen LogP contribution in [0.15, 0.2) is 107 Å². The van der Waals surface area contributed by atoms with Crippen molar-refractivity contribution in [1.29, 1.82) is 0 Å². The number of hydrazone groups is 1. The van der Waals surface area contributed by atoms with Crippen LogP contribution in [0.5, 0.6) is 5.75 Å². The molecule has 0 saturated carbocycles. The lowest BCUT2D eigenvalue weighted by atomic mass is 10.1. The van der Waals surface area contributed by atoms with Gasteiger partial charge in [0.15, 0.2) is 6.61 Å². The molecule has 1 atom stereocenters. The first-order valence-corrected chi connectivity index (χ1v) is 15.6. The highest BCUT2D eigenvalue weighted by atomic mass is 35.5. The summed E-state index contributed by atoms with van der Waals surface area (Å²) < 4.78 is 33.8. The van der Waals surface area contributed by atoms with E-state index >= 15 is 0 Å². The van der Waals surface area contributed by atoms with Crippen molar-refractivity contribution in [3.63, 3.8) is 0 Å². The van der Waals surface area contributed by atoms with E-state index < -0.39 is 22.5 Å². The molecule has 0 saturated heterocycles. The maximum absolute atomic E-state index is 13.6. The van der Waals surface area contributed by atoms with E-state index in [9.17, 15) is 18.0 Å². The maximum atomic E-state index is 13.6. The molecule has 44 heavy (non-hydrogen) atoms. The number of amides is 2. The van der Waals surface area contributed by atoms with Crippen molar-refractivity contribution in [2.24, 2.45) is 5.10 Å². The summed E-state index contributed by atoms with van der Waals surface area (Å²) in [5.41, 5.74) is 5.75. The lowest BCUT2D eigenvalue weighted by Crippen LogP contribution is -2.40.